The Hall–Kier alpha value is -2.40. The lowest BCUT2D eigenvalue weighted by atomic mass is 10.1. The second-order valence-corrected chi connectivity index (χ2v) is 4.79. The van der Waals surface area contributed by atoms with E-state index in [0.29, 0.717) is 6.42 Å². The van der Waals surface area contributed by atoms with Gasteiger partial charge in [-0.25, -0.2) is 4.98 Å². The number of amides is 1. The first-order chi connectivity index (χ1) is 9.66. The molecule has 0 aliphatic heterocycles. The van der Waals surface area contributed by atoms with Crippen LogP contribution in [0.3, 0.4) is 0 Å². The minimum absolute atomic E-state index is 0.0379. The highest BCUT2D eigenvalue weighted by atomic mass is 16.3. The van der Waals surface area contributed by atoms with Gasteiger partial charge in [0.1, 0.15) is 5.75 Å². The summed E-state index contributed by atoms with van der Waals surface area (Å²) in [5, 5.41) is 22.4. The number of benzene rings is 1. The molecule has 5 heteroatoms. The molecule has 20 heavy (non-hydrogen) atoms. The van der Waals surface area contributed by atoms with Crippen LogP contribution < -0.4 is 5.32 Å². The fourth-order valence-electron chi connectivity index (χ4n) is 2.53. The molecule has 2 atom stereocenters. The molecule has 0 radical (unpaired) electrons. The summed E-state index contributed by atoms with van der Waals surface area (Å²) in [5.74, 6) is -0.672. The van der Waals surface area contributed by atoms with Crippen LogP contribution in [0.25, 0.3) is 0 Å². The number of pyridine rings is 1. The molecule has 5 nitrogen and oxygen atoms in total. The molecule has 1 aromatic carbocycles. The third-order valence-corrected chi connectivity index (χ3v) is 3.49. The molecule has 3 N–H and O–H groups in total. The number of aromatic nitrogens is 1. The number of nitrogens with zero attached hydrogens (tertiary/aromatic N) is 1. The Kier molecular flexibility index (Phi) is 3.12. The number of hydrogen-bond acceptors (Lipinski definition) is 4. The van der Waals surface area contributed by atoms with Crippen molar-refractivity contribution in [2.24, 2.45) is 0 Å². The van der Waals surface area contributed by atoms with Gasteiger partial charge in [0.2, 0.25) is 0 Å². The standard InChI is InChI=1S/C15H14N2O3/c18-11-6-3-7-16-14(11)15(20)17-13-10-5-2-1-4-9(10)8-12(13)19/h1-7,12-13,18-19H,8H2,(H,17,20)/t12-,13+/m0/s1. The number of hydrogen-bond donors (Lipinski definition) is 3. The van der Waals surface area contributed by atoms with Crippen molar-refractivity contribution in [2.75, 3.05) is 0 Å². The van der Waals surface area contributed by atoms with Crippen LogP contribution in [0, 0.1) is 0 Å². The molecule has 0 fully saturated rings. The third-order valence-electron chi connectivity index (χ3n) is 3.49. The van der Waals surface area contributed by atoms with E-state index in [9.17, 15) is 15.0 Å². The fourth-order valence-corrected chi connectivity index (χ4v) is 2.53. The normalized spacial score (nSPS) is 20.4. The zero-order valence-electron chi connectivity index (χ0n) is 10.7. The molecule has 1 aliphatic carbocycles. The molecule has 2 aromatic rings. The van der Waals surface area contributed by atoms with Gasteiger partial charge >= 0.3 is 0 Å². The van der Waals surface area contributed by atoms with E-state index in [1.807, 2.05) is 24.3 Å². The molecular formula is C15H14N2O3. The lowest BCUT2D eigenvalue weighted by Crippen LogP contribution is -2.34. The molecule has 1 amide bonds. The molecule has 102 valence electrons. The summed E-state index contributed by atoms with van der Waals surface area (Å²) in [4.78, 5) is 16.0. The van der Waals surface area contributed by atoms with Gasteiger partial charge in [0.25, 0.3) is 5.91 Å². The Morgan fingerprint density at radius 2 is 2.05 bits per heavy atom. The van der Waals surface area contributed by atoms with Crippen molar-refractivity contribution in [2.45, 2.75) is 18.6 Å². The molecule has 1 heterocycles. The van der Waals surface area contributed by atoms with Crippen LogP contribution in [-0.4, -0.2) is 27.2 Å². The number of fused-ring (bicyclic) bond motifs is 1. The van der Waals surface area contributed by atoms with E-state index in [1.54, 1.807) is 6.07 Å². The van der Waals surface area contributed by atoms with Crippen molar-refractivity contribution in [3.8, 4) is 5.75 Å². The monoisotopic (exact) mass is 270 g/mol. The van der Waals surface area contributed by atoms with Crippen LogP contribution in [0.15, 0.2) is 42.6 Å². The summed E-state index contributed by atoms with van der Waals surface area (Å²) >= 11 is 0. The van der Waals surface area contributed by atoms with E-state index >= 15 is 0 Å². The van der Waals surface area contributed by atoms with Crippen molar-refractivity contribution in [3.63, 3.8) is 0 Å². The maximum atomic E-state index is 12.1. The molecular weight excluding hydrogens is 256 g/mol. The quantitative estimate of drug-likeness (QED) is 0.765. The van der Waals surface area contributed by atoms with E-state index in [2.05, 4.69) is 10.3 Å². The van der Waals surface area contributed by atoms with Gasteiger partial charge in [-0.3, -0.25) is 4.79 Å². The van der Waals surface area contributed by atoms with Gasteiger partial charge in [0.05, 0.1) is 12.1 Å². The predicted octanol–water partition coefficient (Wildman–Crippen LogP) is 1.18. The number of aliphatic hydroxyl groups is 1. The predicted molar refractivity (Wildman–Crippen MR) is 72.3 cm³/mol. The maximum Gasteiger partial charge on any atom is 0.274 e. The SMILES string of the molecule is O=C(N[C@@H]1c2ccccc2C[C@@H]1O)c1ncccc1O. The Morgan fingerprint density at radius 3 is 2.85 bits per heavy atom. The summed E-state index contributed by atoms with van der Waals surface area (Å²) in [7, 11) is 0. The first kappa shape index (κ1) is 12.6. The smallest absolute Gasteiger partial charge is 0.274 e. The number of aromatic hydroxyl groups is 1. The van der Waals surface area contributed by atoms with Gasteiger partial charge in [0.15, 0.2) is 5.69 Å². The molecule has 0 saturated heterocycles. The fraction of sp³-hybridized carbons (Fsp3) is 0.200. The van der Waals surface area contributed by atoms with Crippen molar-refractivity contribution < 1.29 is 15.0 Å². The number of aliphatic hydroxyl groups excluding tert-OH is 1. The van der Waals surface area contributed by atoms with Crippen LogP contribution in [0.5, 0.6) is 5.75 Å². The highest BCUT2D eigenvalue weighted by Crippen LogP contribution is 2.31. The van der Waals surface area contributed by atoms with Crippen LogP contribution in [0.1, 0.15) is 27.7 Å². The van der Waals surface area contributed by atoms with Crippen molar-refractivity contribution in [1.29, 1.82) is 0 Å². The Labute approximate surface area is 115 Å². The molecule has 0 bridgehead atoms. The van der Waals surface area contributed by atoms with E-state index in [-0.39, 0.29) is 11.4 Å². The molecule has 3 rings (SSSR count). The number of carbonyl (C=O) groups is 1. The van der Waals surface area contributed by atoms with Crippen LogP contribution in [0.4, 0.5) is 0 Å². The zero-order valence-corrected chi connectivity index (χ0v) is 10.7. The first-order valence-corrected chi connectivity index (χ1v) is 6.37. The molecule has 1 aromatic heterocycles. The summed E-state index contributed by atoms with van der Waals surface area (Å²) in [6, 6.07) is 10.1. The minimum Gasteiger partial charge on any atom is -0.505 e. The van der Waals surface area contributed by atoms with Gasteiger partial charge in [-0.15, -0.1) is 0 Å². The average Bonchev–Trinajstić information content (AvgIpc) is 2.76. The molecule has 1 aliphatic rings. The summed E-state index contributed by atoms with van der Waals surface area (Å²) in [5.41, 5.74) is 1.89. The maximum absolute atomic E-state index is 12.1. The average molecular weight is 270 g/mol. The molecule has 0 unspecified atom stereocenters. The molecule has 0 spiro atoms. The van der Waals surface area contributed by atoms with Gasteiger partial charge < -0.3 is 15.5 Å². The van der Waals surface area contributed by atoms with Crippen LogP contribution in [0.2, 0.25) is 0 Å². The lowest BCUT2D eigenvalue weighted by Gasteiger charge is -2.17. The van der Waals surface area contributed by atoms with E-state index in [0.717, 1.165) is 11.1 Å². The zero-order chi connectivity index (χ0) is 14.1. The van der Waals surface area contributed by atoms with E-state index in [4.69, 9.17) is 0 Å². The van der Waals surface area contributed by atoms with Gasteiger partial charge in [-0.05, 0) is 23.3 Å². The second kappa shape index (κ2) is 4.94. The highest BCUT2D eigenvalue weighted by molar-refractivity contribution is 5.95. The lowest BCUT2D eigenvalue weighted by molar-refractivity contribution is 0.0850. The third kappa shape index (κ3) is 2.12. The highest BCUT2D eigenvalue weighted by Gasteiger charge is 2.32. The Balaban J connectivity index is 1.85. The van der Waals surface area contributed by atoms with Gasteiger partial charge in [-0.1, -0.05) is 24.3 Å². The minimum atomic E-state index is -0.665. The van der Waals surface area contributed by atoms with Crippen molar-refractivity contribution >= 4 is 5.91 Å². The van der Waals surface area contributed by atoms with E-state index in [1.165, 1.54) is 12.3 Å². The Bertz CT molecular complexity index is 657. The number of rotatable bonds is 2. The van der Waals surface area contributed by atoms with E-state index < -0.39 is 18.1 Å². The van der Waals surface area contributed by atoms with Crippen molar-refractivity contribution in [3.05, 3.63) is 59.4 Å². The van der Waals surface area contributed by atoms with Crippen molar-refractivity contribution in [1.82, 2.24) is 10.3 Å². The summed E-state index contributed by atoms with van der Waals surface area (Å²) in [6.07, 6.45) is 1.28. The summed E-state index contributed by atoms with van der Waals surface area (Å²) < 4.78 is 0. The Morgan fingerprint density at radius 1 is 1.25 bits per heavy atom. The number of carbonyl (C=O) groups excluding carboxylic acids is 1. The largest absolute Gasteiger partial charge is 0.505 e. The van der Waals surface area contributed by atoms with Gasteiger partial charge in [-0.2, -0.15) is 0 Å². The van der Waals surface area contributed by atoms with Crippen LogP contribution >= 0.6 is 0 Å². The number of nitrogens with one attached hydrogen (secondary N) is 1. The topological polar surface area (TPSA) is 82.5 Å². The van der Waals surface area contributed by atoms with Gasteiger partial charge in [0, 0.05) is 12.6 Å². The first-order valence-electron chi connectivity index (χ1n) is 6.37. The second-order valence-electron chi connectivity index (χ2n) is 4.79. The van der Waals surface area contributed by atoms with Crippen LogP contribution in [-0.2, 0) is 6.42 Å². The summed E-state index contributed by atoms with van der Waals surface area (Å²) in [6.45, 7) is 0. The molecule has 0 saturated carbocycles.